The van der Waals surface area contributed by atoms with Crippen LogP contribution in [0.4, 0.5) is 5.13 Å². The standard InChI is InChI=1S/C17H31N3S/c1-12(2)9-10-20(6)16-19-15(13-7-8-13)14(21-16)11-18-17(3,4)5/h12-13,18H,7-11H2,1-6H3. The zero-order valence-electron chi connectivity index (χ0n) is 14.5. The van der Waals surface area contributed by atoms with Crippen molar-refractivity contribution in [1.82, 2.24) is 10.3 Å². The third kappa shape index (κ3) is 5.26. The van der Waals surface area contributed by atoms with E-state index in [9.17, 15) is 0 Å². The molecule has 4 heteroatoms. The van der Waals surface area contributed by atoms with Gasteiger partial charge in [0.25, 0.3) is 0 Å². The quantitative estimate of drug-likeness (QED) is 0.809. The van der Waals surface area contributed by atoms with Gasteiger partial charge in [0.15, 0.2) is 5.13 Å². The molecule has 1 fully saturated rings. The van der Waals surface area contributed by atoms with Crippen molar-refractivity contribution in [1.29, 1.82) is 0 Å². The molecule has 0 radical (unpaired) electrons. The number of hydrogen-bond acceptors (Lipinski definition) is 4. The molecular weight excluding hydrogens is 278 g/mol. The molecule has 0 saturated heterocycles. The minimum atomic E-state index is 0.161. The summed E-state index contributed by atoms with van der Waals surface area (Å²) in [5, 5.41) is 4.81. The van der Waals surface area contributed by atoms with Gasteiger partial charge in [-0.15, -0.1) is 11.3 Å². The molecule has 1 saturated carbocycles. The highest BCUT2D eigenvalue weighted by molar-refractivity contribution is 7.15. The topological polar surface area (TPSA) is 28.2 Å². The van der Waals surface area contributed by atoms with Crippen molar-refractivity contribution in [3.63, 3.8) is 0 Å². The smallest absolute Gasteiger partial charge is 0.185 e. The third-order valence-electron chi connectivity index (χ3n) is 3.83. The molecular formula is C17H31N3S. The van der Waals surface area contributed by atoms with Crippen molar-refractivity contribution in [2.75, 3.05) is 18.5 Å². The molecule has 1 heterocycles. The van der Waals surface area contributed by atoms with Gasteiger partial charge in [0, 0.05) is 36.5 Å². The van der Waals surface area contributed by atoms with Crippen LogP contribution in [0.25, 0.3) is 0 Å². The van der Waals surface area contributed by atoms with Gasteiger partial charge in [-0.3, -0.25) is 0 Å². The van der Waals surface area contributed by atoms with Gasteiger partial charge >= 0.3 is 0 Å². The van der Waals surface area contributed by atoms with E-state index in [0.717, 1.165) is 24.9 Å². The van der Waals surface area contributed by atoms with Crippen LogP contribution in [0.15, 0.2) is 0 Å². The van der Waals surface area contributed by atoms with Crippen LogP contribution in [0.3, 0.4) is 0 Å². The molecule has 1 aliphatic carbocycles. The Morgan fingerprint density at radius 3 is 2.52 bits per heavy atom. The molecule has 1 N–H and O–H groups in total. The van der Waals surface area contributed by atoms with Crippen molar-refractivity contribution < 1.29 is 0 Å². The van der Waals surface area contributed by atoms with E-state index in [1.807, 2.05) is 11.3 Å². The third-order valence-corrected chi connectivity index (χ3v) is 5.01. The van der Waals surface area contributed by atoms with E-state index in [4.69, 9.17) is 4.98 Å². The van der Waals surface area contributed by atoms with Crippen LogP contribution in [-0.2, 0) is 6.54 Å². The molecule has 0 unspecified atom stereocenters. The summed E-state index contributed by atoms with van der Waals surface area (Å²) < 4.78 is 0. The number of aromatic nitrogens is 1. The number of nitrogens with one attached hydrogen (secondary N) is 1. The lowest BCUT2D eigenvalue weighted by molar-refractivity contribution is 0.425. The highest BCUT2D eigenvalue weighted by atomic mass is 32.1. The molecule has 2 rings (SSSR count). The van der Waals surface area contributed by atoms with E-state index in [2.05, 4.69) is 51.9 Å². The zero-order chi connectivity index (χ0) is 15.6. The normalized spacial score (nSPS) is 15.8. The number of hydrogen-bond donors (Lipinski definition) is 1. The predicted molar refractivity (Wildman–Crippen MR) is 93.4 cm³/mol. The fourth-order valence-corrected chi connectivity index (χ4v) is 3.28. The first-order valence-electron chi connectivity index (χ1n) is 8.22. The summed E-state index contributed by atoms with van der Waals surface area (Å²) in [4.78, 5) is 8.73. The van der Waals surface area contributed by atoms with Gasteiger partial charge in [0.2, 0.25) is 0 Å². The summed E-state index contributed by atoms with van der Waals surface area (Å²) in [6, 6.07) is 0. The van der Waals surface area contributed by atoms with E-state index < -0.39 is 0 Å². The Kier molecular flexibility index (Phi) is 5.31. The molecule has 0 aliphatic heterocycles. The van der Waals surface area contributed by atoms with Crippen molar-refractivity contribution in [2.24, 2.45) is 5.92 Å². The first-order chi connectivity index (χ1) is 9.76. The molecule has 0 amide bonds. The monoisotopic (exact) mass is 309 g/mol. The average Bonchev–Trinajstić information content (AvgIpc) is 3.12. The fourth-order valence-electron chi connectivity index (χ4n) is 2.21. The van der Waals surface area contributed by atoms with Gasteiger partial charge in [-0.25, -0.2) is 4.98 Å². The van der Waals surface area contributed by atoms with Gasteiger partial charge in [0.05, 0.1) is 5.69 Å². The molecule has 0 spiro atoms. The Bertz CT molecular complexity index is 455. The summed E-state index contributed by atoms with van der Waals surface area (Å²) >= 11 is 1.88. The minimum Gasteiger partial charge on any atom is -0.351 e. The summed E-state index contributed by atoms with van der Waals surface area (Å²) in [5.41, 5.74) is 1.53. The Labute approximate surface area is 134 Å². The van der Waals surface area contributed by atoms with E-state index in [0.29, 0.717) is 0 Å². The molecule has 0 atom stereocenters. The van der Waals surface area contributed by atoms with Crippen molar-refractivity contribution in [3.8, 4) is 0 Å². The maximum atomic E-state index is 4.96. The van der Waals surface area contributed by atoms with Gasteiger partial charge in [-0.2, -0.15) is 0 Å². The fraction of sp³-hybridized carbons (Fsp3) is 0.824. The minimum absolute atomic E-state index is 0.161. The van der Waals surface area contributed by atoms with E-state index in [1.54, 1.807) is 0 Å². The zero-order valence-corrected chi connectivity index (χ0v) is 15.3. The van der Waals surface area contributed by atoms with Crippen LogP contribution in [0, 0.1) is 5.92 Å². The largest absolute Gasteiger partial charge is 0.351 e. The van der Waals surface area contributed by atoms with Crippen molar-refractivity contribution in [2.45, 2.75) is 71.9 Å². The molecule has 21 heavy (non-hydrogen) atoms. The Morgan fingerprint density at radius 1 is 1.33 bits per heavy atom. The second-order valence-corrected chi connectivity index (χ2v) is 8.85. The Balaban J connectivity index is 2.05. The van der Waals surface area contributed by atoms with Crippen molar-refractivity contribution in [3.05, 3.63) is 10.6 Å². The predicted octanol–water partition coefficient (Wildman–Crippen LogP) is 4.39. The molecule has 3 nitrogen and oxygen atoms in total. The number of nitrogens with zero attached hydrogens (tertiary/aromatic N) is 2. The van der Waals surface area contributed by atoms with Gasteiger partial charge < -0.3 is 10.2 Å². The first-order valence-corrected chi connectivity index (χ1v) is 9.03. The first kappa shape index (κ1) is 16.8. The Morgan fingerprint density at radius 2 is 2.00 bits per heavy atom. The molecule has 0 aromatic carbocycles. The summed E-state index contributed by atoms with van der Waals surface area (Å²) in [6.45, 7) is 13.3. The van der Waals surface area contributed by atoms with Gasteiger partial charge in [0.1, 0.15) is 0 Å². The molecule has 1 aromatic rings. The maximum absolute atomic E-state index is 4.96. The summed E-state index contributed by atoms with van der Waals surface area (Å²) in [5.74, 6) is 1.47. The maximum Gasteiger partial charge on any atom is 0.185 e. The summed E-state index contributed by atoms with van der Waals surface area (Å²) in [7, 11) is 2.18. The van der Waals surface area contributed by atoms with Crippen LogP contribution in [0.5, 0.6) is 0 Å². The molecule has 0 bridgehead atoms. The van der Waals surface area contributed by atoms with Crippen LogP contribution < -0.4 is 10.2 Å². The number of rotatable bonds is 7. The second kappa shape index (κ2) is 6.66. The van der Waals surface area contributed by atoms with E-state index >= 15 is 0 Å². The van der Waals surface area contributed by atoms with Crippen LogP contribution in [-0.4, -0.2) is 24.1 Å². The lowest BCUT2D eigenvalue weighted by atomic mass is 10.1. The Hall–Kier alpha value is -0.610. The van der Waals surface area contributed by atoms with Crippen LogP contribution >= 0.6 is 11.3 Å². The molecule has 120 valence electrons. The SMILES string of the molecule is CC(C)CCN(C)c1nc(C2CC2)c(CNC(C)(C)C)s1. The van der Waals surface area contributed by atoms with Gasteiger partial charge in [-0.05, 0) is 46.0 Å². The lowest BCUT2D eigenvalue weighted by Gasteiger charge is -2.20. The highest BCUT2D eigenvalue weighted by Crippen LogP contribution is 2.44. The molecule has 1 aliphatic rings. The van der Waals surface area contributed by atoms with Crippen molar-refractivity contribution >= 4 is 16.5 Å². The summed E-state index contributed by atoms with van der Waals surface area (Å²) in [6.07, 6.45) is 3.87. The van der Waals surface area contributed by atoms with E-state index in [1.165, 1.54) is 35.0 Å². The van der Waals surface area contributed by atoms with Gasteiger partial charge in [-0.1, -0.05) is 13.8 Å². The van der Waals surface area contributed by atoms with E-state index in [-0.39, 0.29) is 5.54 Å². The number of thiazole rings is 1. The lowest BCUT2D eigenvalue weighted by Crippen LogP contribution is -2.35. The second-order valence-electron chi connectivity index (χ2n) is 7.79. The average molecular weight is 310 g/mol. The molecule has 1 aromatic heterocycles. The number of anilines is 1. The van der Waals surface area contributed by atoms with Crippen LogP contribution in [0.2, 0.25) is 0 Å². The highest BCUT2D eigenvalue weighted by Gasteiger charge is 2.30. The van der Waals surface area contributed by atoms with Crippen LogP contribution in [0.1, 0.15) is 70.4 Å².